The number of hydrogen-bond donors (Lipinski definition) is 2. The van der Waals surface area contributed by atoms with Crippen molar-refractivity contribution in [2.75, 3.05) is 17.8 Å². The number of fused-ring (bicyclic) bond motifs is 1. The van der Waals surface area contributed by atoms with Gasteiger partial charge in [-0.15, -0.1) is 12.4 Å². The predicted molar refractivity (Wildman–Crippen MR) is 113 cm³/mol. The number of piperidine rings is 1. The Labute approximate surface area is 178 Å². The third-order valence-electron chi connectivity index (χ3n) is 4.52. The molecular formula is C19H19Cl2FN2O4S. The van der Waals surface area contributed by atoms with Crippen molar-refractivity contribution in [1.29, 1.82) is 0 Å². The van der Waals surface area contributed by atoms with Crippen LogP contribution in [0.15, 0.2) is 58.0 Å². The van der Waals surface area contributed by atoms with Gasteiger partial charge in [0.25, 0.3) is 10.0 Å². The summed E-state index contributed by atoms with van der Waals surface area (Å²) in [7, 11) is -3.91. The number of furan rings is 1. The van der Waals surface area contributed by atoms with Gasteiger partial charge in [0, 0.05) is 18.0 Å². The molecule has 0 bridgehead atoms. The quantitative estimate of drug-likeness (QED) is 0.589. The third-order valence-corrected chi connectivity index (χ3v) is 6.40. The lowest BCUT2D eigenvalue weighted by molar-refractivity contribution is 0.0736. The van der Waals surface area contributed by atoms with Gasteiger partial charge in [0.05, 0.1) is 17.0 Å². The van der Waals surface area contributed by atoms with Gasteiger partial charge in [-0.3, -0.25) is 4.72 Å². The second-order valence-corrected chi connectivity index (χ2v) is 8.57. The number of rotatable bonds is 5. The van der Waals surface area contributed by atoms with Crippen LogP contribution < -0.4 is 14.8 Å². The molecule has 1 saturated heterocycles. The largest absolute Gasteiger partial charge is 0.483 e. The highest BCUT2D eigenvalue weighted by molar-refractivity contribution is 7.92. The van der Waals surface area contributed by atoms with Gasteiger partial charge in [-0.25, -0.2) is 12.8 Å². The Bertz CT molecular complexity index is 1110. The molecule has 10 heteroatoms. The van der Waals surface area contributed by atoms with Gasteiger partial charge in [0.1, 0.15) is 17.2 Å². The molecule has 1 aliphatic rings. The molecule has 2 heterocycles. The lowest BCUT2D eigenvalue weighted by Gasteiger charge is -2.27. The van der Waals surface area contributed by atoms with Crippen LogP contribution in [0.4, 0.5) is 10.1 Å². The molecule has 1 aromatic heterocycles. The van der Waals surface area contributed by atoms with Crippen molar-refractivity contribution in [3.8, 4) is 5.75 Å². The molecule has 0 aliphatic carbocycles. The summed E-state index contributed by atoms with van der Waals surface area (Å²) in [4.78, 5) is -0.0337. The highest BCUT2D eigenvalue weighted by Gasteiger charge is 2.28. The summed E-state index contributed by atoms with van der Waals surface area (Å²) < 4.78 is 53.4. The summed E-state index contributed by atoms with van der Waals surface area (Å²) in [6.45, 7) is 0.857. The van der Waals surface area contributed by atoms with Crippen LogP contribution in [0, 0.1) is 0 Å². The molecule has 2 aromatic carbocycles. The highest BCUT2D eigenvalue weighted by atomic mass is 35.5. The first kappa shape index (κ1) is 21.7. The molecule has 3 aromatic rings. The summed E-state index contributed by atoms with van der Waals surface area (Å²) in [5.41, 5.74) is 0.708. The van der Waals surface area contributed by atoms with Crippen LogP contribution >= 0.6 is 24.0 Å². The van der Waals surface area contributed by atoms with E-state index in [0.29, 0.717) is 23.9 Å². The molecule has 0 spiro atoms. The average molecular weight is 461 g/mol. The van der Waals surface area contributed by atoms with Crippen molar-refractivity contribution in [2.45, 2.75) is 23.6 Å². The van der Waals surface area contributed by atoms with Gasteiger partial charge < -0.3 is 14.5 Å². The van der Waals surface area contributed by atoms with E-state index in [2.05, 4.69) is 10.0 Å². The van der Waals surface area contributed by atoms with Crippen LogP contribution in [0.3, 0.4) is 0 Å². The molecule has 0 unspecified atom stereocenters. The van der Waals surface area contributed by atoms with Crippen molar-refractivity contribution < 1.29 is 22.0 Å². The van der Waals surface area contributed by atoms with Gasteiger partial charge in [-0.1, -0.05) is 23.7 Å². The molecule has 1 fully saturated rings. The van der Waals surface area contributed by atoms with Crippen LogP contribution in [0.1, 0.15) is 6.42 Å². The standard InChI is InChI=1S/C19H18ClFN2O4S.ClH/c20-14-3-1-2-4-18(14)28(24,25)23-13-9-12-6-8-26-19(12)17(10-13)27-16-5-7-22-11-15(16)21;/h1-4,6,8-10,15-16,22-23H,5,7,11H2;1H/t15-,16-;/m0./s1. The Morgan fingerprint density at radius 3 is 2.79 bits per heavy atom. The van der Waals surface area contributed by atoms with Crippen LogP contribution in [0.25, 0.3) is 11.0 Å². The summed E-state index contributed by atoms with van der Waals surface area (Å²) in [6, 6.07) is 11.0. The molecule has 4 rings (SSSR count). The van der Waals surface area contributed by atoms with E-state index in [4.69, 9.17) is 20.8 Å². The van der Waals surface area contributed by atoms with Gasteiger partial charge in [-0.05, 0) is 37.2 Å². The van der Waals surface area contributed by atoms with Crippen LogP contribution in [0.2, 0.25) is 5.02 Å². The first-order valence-corrected chi connectivity index (χ1v) is 10.6. The maximum atomic E-state index is 14.2. The van der Waals surface area contributed by atoms with Crippen LogP contribution in [-0.2, 0) is 10.0 Å². The fourth-order valence-corrected chi connectivity index (χ4v) is 4.72. The minimum absolute atomic E-state index is 0. The van der Waals surface area contributed by atoms with E-state index in [1.165, 1.54) is 24.5 Å². The number of nitrogens with one attached hydrogen (secondary N) is 2. The molecule has 0 amide bonds. The second kappa shape index (κ2) is 8.79. The number of halogens is 3. The maximum absolute atomic E-state index is 14.2. The van der Waals surface area contributed by atoms with E-state index in [0.717, 1.165) is 0 Å². The second-order valence-electron chi connectivity index (χ2n) is 6.51. The number of ether oxygens (including phenoxy) is 1. The zero-order valence-corrected chi connectivity index (χ0v) is 17.5. The molecule has 0 radical (unpaired) electrons. The molecule has 156 valence electrons. The van der Waals surface area contributed by atoms with Gasteiger partial charge in [-0.2, -0.15) is 0 Å². The van der Waals surface area contributed by atoms with E-state index >= 15 is 0 Å². The van der Waals surface area contributed by atoms with E-state index in [-0.39, 0.29) is 40.3 Å². The third kappa shape index (κ3) is 4.61. The minimum Gasteiger partial charge on any atom is -0.483 e. The summed E-state index contributed by atoms with van der Waals surface area (Å²) in [5, 5.41) is 3.72. The van der Waals surface area contributed by atoms with Crippen molar-refractivity contribution in [2.24, 2.45) is 0 Å². The molecule has 0 saturated carbocycles. The number of sulfonamides is 1. The van der Waals surface area contributed by atoms with Crippen molar-refractivity contribution in [1.82, 2.24) is 5.32 Å². The monoisotopic (exact) mass is 460 g/mol. The smallest absolute Gasteiger partial charge is 0.263 e. The topological polar surface area (TPSA) is 80.6 Å². The first-order valence-electron chi connectivity index (χ1n) is 8.74. The summed E-state index contributed by atoms with van der Waals surface area (Å²) >= 11 is 6.02. The SMILES string of the molecule is Cl.O=S(=O)(Nc1cc(O[C@H]2CCNC[C@@H]2F)c2occc2c1)c1ccccc1Cl. The highest BCUT2D eigenvalue weighted by Crippen LogP contribution is 2.34. The van der Waals surface area contributed by atoms with Gasteiger partial charge >= 0.3 is 0 Å². The van der Waals surface area contributed by atoms with Crippen LogP contribution in [0.5, 0.6) is 5.75 Å². The Kier molecular flexibility index (Phi) is 6.58. The van der Waals surface area contributed by atoms with Crippen molar-refractivity contribution in [3.05, 3.63) is 53.8 Å². The number of benzene rings is 2. The fraction of sp³-hybridized carbons (Fsp3) is 0.263. The fourth-order valence-electron chi connectivity index (χ4n) is 3.16. The Balaban J connectivity index is 0.00000240. The Morgan fingerprint density at radius 1 is 1.24 bits per heavy atom. The molecular weight excluding hydrogens is 442 g/mol. The van der Waals surface area contributed by atoms with Crippen LogP contribution in [-0.4, -0.2) is 33.8 Å². The average Bonchev–Trinajstić information content (AvgIpc) is 3.12. The lowest BCUT2D eigenvalue weighted by atomic mass is 10.1. The molecule has 29 heavy (non-hydrogen) atoms. The molecule has 2 N–H and O–H groups in total. The van der Waals surface area contributed by atoms with Crippen molar-refractivity contribution >= 4 is 50.7 Å². The van der Waals surface area contributed by atoms with E-state index in [9.17, 15) is 12.8 Å². The number of hydrogen-bond acceptors (Lipinski definition) is 5. The predicted octanol–water partition coefficient (Wildman–Crippen LogP) is 4.39. The number of anilines is 1. The Hall–Kier alpha value is -2.00. The maximum Gasteiger partial charge on any atom is 0.263 e. The first-order chi connectivity index (χ1) is 13.4. The molecule has 6 nitrogen and oxygen atoms in total. The van der Waals surface area contributed by atoms with Crippen molar-refractivity contribution in [3.63, 3.8) is 0 Å². The zero-order valence-electron chi connectivity index (χ0n) is 15.1. The Morgan fingerprint density at radius 2 is 2.03 bits per heavy atom. The van der Waals surface area contributed by atoms with E-state index in [1.807, 2.05) is 0 Å². The molecule has 1 aliphatic heterocycles. The number of alkyl halides is 1. The normalized spacial score (nSPS) is 19.5. The zero-order chi connectivity index (χ0) is 19.7. The summed E-state index contributed by atoms with van der Waals surface area (Å²) in [6.07, 6.45) is 0.172. The van der Waals surface area contributed by atoms with Gasteiger partial charge in [0.15, 0.2) is 11.3 Å². The summed E-state index contributed by atoms with van der Waals surface area (Å²) in [5.74, 6) is 0.286. The lowest BCUT2D eigenvalue weighted by Crippen LogP contribution is -2.44. The van der Waals surface area contributed by atoms with Gasteiger partial charge in [0.2, 0.25) is 0 Å². The molecule has 2 atom stereocenters. The van der Waals surface area contributed by atoms with E-state index in [1.54, 1.807) is 24.3 Å². The van der Waals surface area contributed by atoms with E-state index < -0.39 is 22.3 Å². The minimum atomic E-state index is -3.91.